The van der Waals surface area contributed by atoms with E-state index >= 15 is 0 Å². The summed E-state index contributed by atoms with van der Waals surface area (Å²) in [5.41, 5.74) is -1.54. The summed E-state index contributed by atoms with van der Waals surface area (Å²) in [5, 5.41) is 144. The Morgan fingerprint density at radius 3 is 1.26 bits per heavy atom. The Labute approximate surface area is 446 Å². The lowest BCUT2D eigenvalue weighted by Crippen LogP contribution is -2.65. The second kappa shape index (κ2) is 35.1. The molecular weight excluding hydrogens is 1010 g/mol. The van der Waals surface area contributed by atoms with Crippen LogP contribution in [0.1, 0.15) is 136 Å². The molecule has 25 nitrogen and oxygen atoms in total. The SMILES string of the molecule is CCCCCCCCCCC(=O)NCC(CNC(=O)CCCCCCCCCC)(COC1OC(CO)[C@H](OC2OC(CO)[C@H](O)[C@@H](O)[C@H]2O)[C@@H](O)[C@H]1O)CO[C@H]1OC(CO)[C@H](O[C@H]2C[C@H](O)[C@@H](O)C(CO)O2)[C@@H](O)C1O. The van der Waals surface area contributed by atoms with E-state index in [0.717, 1.165) is 89.9 Å². The predicted molar refractivity (Wildman–Crippen MR) is 266 cm³/mol. The molecule has 4 heterocycles. The number of carbonyl (C=O) groups excluding carboxylic acids is 2. The van der Waals surface area contributed by atoms with E-state index < -0.39 is 162 Å². The highest BCUT2D eigenvalue weighted by atomic mass is 16.8. The zero-order valence-corrected chi connectivity index (χ0v) is 44.5. The lowest BCUT2D eigenvalue weighted by molar-refractivity contribution is -0.362. The number of aliphatic hydroxyl groups excluding tert-OH is 13. The van der Waals surface area contributed by atoms with Crippen molar-refractivity contribution in [3.63, 3.8) is 0 Å². The minimum absolute atomic E-state index is 0.151. The van der Waals surface area contributed by atoms with Crippen molar-refractivity contribution in [1.29, 1.82) is 0 Å². The van der Waals surface area contributed by atoms with Crippen molar-refractivity contribution in [3.05, 3.63) is 0 Å². The normalized spacial score (nSPS) is 35.3. The molecule has 0 aliphatic carbocycles. The lowest BCUT2D eigenvalue weighted by atomic mass is 9.88. The van der Waals surface area contributed by atoms with Crippen molar-refractivity contribution in [1.82, 2.24) is 10.6 Å². The number of hydrogen-bond acceptors (Lipinski definition) is 23. The van der Waals surface area contributed by atoms with E-state index in [1.165, 1.54) is 0 Å². The topological polar surface area (TPSA) is 395 Å². The quantitative estimate of drug-likeness (QED) is 0.0290. The molecule has 0 radical (unpaired) electrons. The van der Waals surface area contributed by atoms with Crippen molar-refractivity contribution < 1.29 is 114 Å². The first-order chi connectivity index (χ1) is 36.5. The van der Waals surface area contributed by atoms with Gasteiger partial charge in [-0.3, -0.25) is 9.59 Å². The molecule has 2 amide bonds. The van der Waals surface area contributed by atoms with Gasteiger partial charge in [0.25, 0.3) is 0 Å². The maximum atomic E-state index is 13.5. The molecule has 0 aromatic heterocycles. The van der Waals surface area contributed by atoms with Gasteiger partial charge < -0.3 is 115 Å². The first-order valence-corrected chi connectivity index (χ1v) is 27.7. The zero-order valence-electron chi connectivity index (χ0n) is 44.5. The third-order valence-electron chi connectivity index (χ3n) is 14.7. The maximum absolute atomic E-state index is 13.5. The molecule has 0 aromatic rings. The van der Waals surface area contributed by atoms with E-state index in [-0.39, 0.29) is 44.2 Å². The Morgan fingerprint density at radius 1 is 0.447 bits per heavy atom. The van der Waals surface area contributed by atoms with Crippen LogP contribution in [-0.2, 0) is 47.5 Å². The Balaban J connectivity index is 1.57. The number of hydrogen-bond donors (Lipinski definition) is 15. The van der Waals surface area contributed by atoms with Crippen LogP contribution in [0.2, 0.25) is 0 Å². The van der Waals surface area contributed by atoms with Crippen molar-refractivity contribution in [2.45, 2.75) is 253 Å². The fourth-order valence-electron chi connectivity index (χ4n) is 9.79. The smallest absolute Gasteiger partial charge is 0.220 e. The molecule has 15 N–H and O–H groups in total. The fourth-order valence-corrected chi connectivity index (χ4v) is 9.79. The van der Waals surface area contributed by atoms with Crippen LogP contribution in [0, 0.1) is 5.41 Å². The maximum Gasteiger partial charge on any atom is 0.220 e. The summed E-state index contributed by atoms with van der Waals surface area (Å²) in [6, 6.07) is 0. The highest BCUT2D eigenvalue weighted by Gasteiger charge is 2.53. The van der Waals surface area contributed by atoms with Crippen molar-refractivity contribution in [2.24, 2.45) is 5.41 Å². The van der Waals surface area contributed by atoms with Gasteiger partial charge in [0.15, 0.2) is 25.2 Å². The molecule has 0 bridgehead atoms. The van der Waals surface area contributed by atoms with Gasteiger partial charge in [-0.05, 0) is 12.8 Å². The van der Waals surface area contributed by atoms with Crippen LogP contribution < -0.4 is 10.6 Å². The van der Waals surface area contributed by atoms with Gasteiger partial charge in [-0.15, -0.1) is 0 Å². The fraction of sp³-hybridized carbons (Fsp3) is 0.961. The molecule has 0 saturated carbocycles. The molecule has 19 atom stereocenters. The number of amides is 2. The van der Waals surface area contributed by atoms with Gasteiger partial charge in [-0.25, -0.2) is 0 Å². The monoisotopic (exact) mass is 1100 g/mol. The predicted octanol–water partition coefficient (Wildman–Crippen LogP) is -2.42. The number of carbonyl (C=O) groups is 2. The van der Waals surface area contributed by atoms with E-state index in [2.05, 4.69) is 24.5 Å². The highest BCUT2D eigenvalue weighted by Crippen LogP contribution is 2.33. The number of nitrogens with one attached hydrogen (secondary N) is 2. The van der Waals surface area contributed by atoms with Crippen molar-refractivity contribution >= 4 is 11.8 Å². The molecule has 0 spiro atoms. The average molecular weight is 1100 g/mol. The van der Waals surface area contributed by atoms with E-state index in [4.69, 9.17) is 37.9 Å². The number of unbranched alkanes of at least 4 members (excludes halogenated alkanes) is 14. The van der Waals surface area contributed by atoms with E-state index in [9.17, 15) is 76.0 Å². The number of rotatable bonds is 36. The molecule has 25 heteroatoms. The second-order valence-corrected chi connectivity index (χ2v) is 21.0. The average Bonchev–Trinajstić information content (AvgIpc) is 3.41. The molecule has 4 fully saturated rings. The molecular formula is C51H94N2O23. The molecule has 4 saturated heterocycles. The Kier molecular flexibility index (Phi) is 30.7. The minimum Gasteiger partial charge on any atom is -0.394 e. The molecule has 7 unspecified atom stereocenters. The highest BCUT2D eigenvalue weighted by molar-refractivity contribution is 5.76. The van der Waals surface area contributed by atoms with E-state index in [1.807, 2.05) is 0 Å². The summed E-state index contributed by atoms with van der Waals surface area (Å²) in [5.74, 6) is -0.705. The van der Waals surface area contributed by atoms with Gasteiger partial charge in [0.2, 0.25) is 11.8 Å². The molecule has 4 rings (SSSR count). The van der Waals surface area contributed by atoms with Gasteiger partial charge in [0.05, 0.1) is 51.2 Å². The van der Waals surface area contributed by atoms with Crippen LogP contribution in [0.4, 0.5) is 0 Å². The summed E-state index contributed by atoms with van der Waals surface area (Å²) >= 11 is 0. The number of ether oxygens (including phenoxy) is 8. The summed E-state index contributed by atoms with van der Waals surface area (Å²) < 4.78 is 46.7. The third kappa shape index (κ3) is 20.3. The van der Waals surface area contributed by atoms with Gasteiger partial charge in [-0.2, -0.15) is 0 Å². The van der Waals surface area contributed by atoms with Gasteiger partial charge in [0, 0.05) is 32.4 Å². The van der Waals surface area contributed by atoms with Crippen molar-refractivity contribution in [3.8, 4) is 0 Å². The first-order valence-electron chi connectivity index (χ1n) is 27.7. The van der Waals surface area contributed by atoms with Crippen LogP contribution >= 0.6 is 0 Å². The van der Waals surface area contributed by atoms with Gasteiger partial charge in [0.1, 0.15) is 85.5 Å². The summed E-state index contributed by atoms with van der Waals surface area (Å²) in [4.78, 5) is 27.1. The molecule has 0 aromatic carbocycles. The Morgan fingerprint density at radius 2 is 0.829 bits per heavy atom. The molecule has 4 aliphatic rings. The van der Waals surface area contributed by atoms with Gasteiger partial charge >= 0.3 is 0 Å². The van der Waals surface area contributed by atoms with Crippen LogP contribution in [0.5, 0.6) is 0 Å². The van der Waals surface area contributed by atoms with Gasteiger partial charge in [-0.1, -0.05) is 104 Å². The zero-order chi connectivity index (χ0) is 55.8. The standard InChI is InChI=1S/C51H94N2O23/c1-3-5-7-9-11-13-15-17-19-35(59)52-26-51(27-53-36(60)20-18-16-14-12-10-8-6-4-2,28-69-48-44(67)41(64)46(33(24-56)73-48)75-37-21-30(58)38(61)31(22-54)71-37)29-70-49-45(68)42(65)47(34(25-57)74-49)76-50-43(66)40(63)39(62)32(23-55)72-50/h30-34,37-50,54-58,61-68H,3-29H2,1-2H3,(H,52,59)(H,53,60)/t30-,31?,32?,33?,34?,37-,38+,39-,40+,41-,42-,43+,44?,45+,46-,47-,48-,49?,50?/m0/s1. The van der Waals surface area contributed by atoms with Crippen LogP contribution in [0.25, 0.3) is 0 Å². The van der Waals surface area contributed by atoms with E-state index in [0.29, 0.717) is 12.8 Å². The summed E-state index contributed by atoms with van der Waals surface area (Å²) in [6.07, 6.45) is -15.3. The Bertz CT molecular complexity index is 1550. The molecule has 4 aliphatic heterocycles. The first kappa shape index (κ1) is 66.6. The summed E-state index contributed by atoms with van der Waals surface area (Å²) in [6.45, 7) is -0.473. The third-order valence-corrected chi connectivity index (χ3v) is 14.7. The summed E-state index contributed by atoms with van der Waals surface area (Å²) in [7, 11) is 0. The minimum atomic E-state index is -1.96. The van der Waals surface area contributed by atoms with Crippen molar-refractivity contribution in [2.75, 3.05) is 52.7 Å². The second-order valence-electron chi connectivity index (χ2n) is 21.0. The molecule has 446 valence electrons. The van der Waals surface area contributed by atoms with E-state index in [1.54, 1.807) is 0 Å². The van der Waals surface area contributed by atoms with Crippen LogP contribution in [0.15, 0.2) is 0 Å². The number of aliphatic hydroxyl groups is 13. The molecule has 76 heavy (non-hydrogen) atoms. The van der Waals surface area contributed by atoms with Crippen LogP contribution in [-0.4, -0.2) is 248 Å². The Hall–Kier alpha value is -1.90. The van der Waals surface area contributed by atoms with Crippen LogP contribution in [0.3, 0.4) is 0 Å². The largest absolute Gasteiger partial charge is 0.394 e. The lowest BCUT2D eigenvalue weighted by Gasteiger charge is -2.47.